The number of anilines is 2. The maximum atomic E-state index is 11.8. The van der Waals surface area contributed by atoms with Crippen LogP contribution in [0.5, 0.6) is 0 Å². The third-order valence-electron chi connectivity index (χ3n) is 2.78. The third-order valence-corrected chi connectivity index (χ3v) is 3.02. The van der Waals surface area contributed by atoms with E-state index in [0.29, 0.717) is 10.7 Å². The molecule has 0 radical (unpaired) electrons. The van der Waals surface area contributed by atoms with E-state index in [1.807, 2.05) is 19.1 Å². The number of nitrogen functional groups attached to an aromatic ring is 1. The smallest absolute Gasteiger partial charge is 0.248 e. The van der Waals surface area contributed by atoms with E-state index in [2.05, 4.69) is 5.32 Å². The van der Waals surface area contributed by atoms with Gasteiger partial charge in [0, 0.05) is 22.5 Å². The molecule has 0 aromatic heterocycles. The minimum absolute atomic E-state index is 0.196. The van der Waals surface area contributed by atoms with Gasteiger partial charge in [0.1, 0.15) is 0 Å². The zero-order valence-electron chi connectivity index (χ0n) is 11.1. The first-order valence-corrected chi connectivity index (χ1v) is 6.53. The molecule has 0 spiro atoms. The summed E-state index contributed by atoms with van der Waals surface area (Å²) in [4.78, 5) is 11.8. The van der Waals surface area contributed by atoms with Gasteiger partial charge in [-0.15, -0.1) is 0 Å². The molecule has 0 atom stereocenters. The Balaban J connectivity index is 2.05. The molecule has 3 nitrogen and oxygen atoms in total. The third kappa shape index (κ3) is 3.87. The Kier molecular flexibility index (Phi) is 4.43. The molecule has 4 heteroatoms. The summed E-state index contributed by atoms with van der Waals surface area (Å²) in [5, 5.41) is 3.46. The first kappa shape index (κ1) is 14.2. The van der Waals surface area contributed by atoms with Crippen LogP contribution in [0.4, 0.5) is 11.4 Å². The van der Waals surface area contributed by atoms with Gasteiger partial charge in [-0.25, -0.2) is 0 Å². The van der Waals surface area contributed by atoms with Gasteiger partial charge in [0.25, 0.3) is 0 Å². The molecule has 20 heavy (non-hydrogen) atoms. The predicted molar refractivity (Wildman–Crippen MR) is 84.7 cm³/mol. The first-order valence-electron chi connectivity index (χ1n) is 6.15. The number of rotatable bonds is 3. The van der Waals surface area contributed by atoms with Crippen molar-refractivity contribution >= 4 is 35.0 Å². The normalized spacial score (nSPS) is 10.7. The van der Waals surface area contributed by atoms with E-state index in [0.717, 1.165) is 16.8 Å². The van der Waals surface area contributed by atoms with E-state index in [9.17, 15) is 4.79 Å². The van der Waals surface area contributed by atoms with Gasteiger partial charge in [0.05, 0.1) is 0 Å². The molecule has 0 unspecified atom stereocenters. The molecule has 2 rings (SSSR count). The molecule has 0 aliphatic rings. The van der Waals surface area contributed by atoms with Gasteiger partial charge in [-0.2, -0.15) is 0 Å². The number of aryl methyl sites for hydroxylation is 1. The lowest BCUT2D eigenvalue weighted by Gasteiger charge is -2.06. The lowest BCUT2D eigenvalue weighted by atomic mass is 10.2. The van der Waals surface area contributed by atoms with Crippen LogP contribution in [0, 0.1) is 6.92 Å². The van der Waals surface area contributed by atoms with Crippen molar-refractivity contribution in [3.63, 3.8) is 0 Å². The maximum absolute atomic E-state index is 11.8. The summed E-state index contributed by atoms with van der Waals surface area (Å²) in [7, 11) is 0. The number of nitrogens with two attached hydrogens (primary N) is 1. The highest BCUT2D eigenvalue weighted by Gasteiger charge is 2.02. The summed E-state index contributed by atoms with van der Waals surface area (Å²) in [6.07, 6.45) is 3.19. The molecule has 0 heterocycles. The minimum atomic E-state index is -0.196. The second kappa shape index (κ2) is 6.26. The predicted octanol–water partition coefficient (Wildman–Crippen LogP) is 3.88. The summed E-state index contributed by atoms with van der Waals surface area (Å²) in [5.41, 5.74) is 8.89. The Morgan fingerprint density at radius 2 is 2.05 bits per heavy atom. The van der Waals surface area contributed by atoms with Crippen LogP contribution < -0.4 is 11.1 Å². The van der Waals surface area contributed by atoms with Crippen molar-refractivity contribution in [2.45, 2.75) is 6.92 Å². The van der Waals surface area contributed by atoms with Gasteiger partial charge < -0.3 is 11.1 Å². The molecule has 0 saturated heterocycles. The molecule has 2 aromatic rings. The van der Waals surface area contributed by atoms with E-state index in [-0.39, 0.29) is 5.91 Å². The fourth-order valence-corrected chi connectivity index (χ4v) is 2.00. The van der Waals surface area contributed by atoms with Crippen LogP contribution in [0.25, 0.3) is 6.08 Å². The van der Waals surface area contributed by atoms with Crippen LogP contribution in [0.3, 0.4) is 0 Å². The molecule has 0 fully saturated rings. The number of carbonyl (C=O) groups is 1. The molecule has 3 N–H and O–H groups in total. The average Bonchev–Trinajstić information content (AvgIpc) is 2.40. The molecule has 102 valence electrons. The van der Waals surface area contributed by atoms with Crippen molar-refractivity contribution in [1.82, 2.24) is 0 Å². The summed E-state index contributed by atoms with van der Waals surface area (Å²) in [5.74, 6) is -0.196. The fourth-order valence-electron chi connectivity index (χ4n) is 1.78. The number of benzene rings is 2. The lowest BCUT2D eigenvalue weighted by Crippen LogP contribution is -2.08. The highest BCUT2D eigenvalue weighted by Crippen LogP contribution is 2.19. The van der Waals surface area contributed by atoms with Crippen LogP contribution in [0.1, 0.15) is 11.1 Å². The first-order chi connectivity index (χ1) is 9.54. The Bertz CT molecular complexity index is 665. The summed E-state index contributed by atoms with van der Waals surface area (Å²) < 4.78 is 0. The Hall–Kier alpha value is -2.26. The van der Waals surface area contributed by atoms with E-state index in [4.69, 9.17) is 17.3 Å². The van der Waals surface area contributed by atoms with Crippen LogP contribution >= 0.6 is 11.6 Å². The van der Waals surface area contributed by atoms with Gasteiger partial charge in [0.15, 0.2) is 0 Å². The highest BCUT2D eigenvalue weighted by atomic mass is 35.5. The summed E-state index contributed by atoms with van der Waals surface area (Å²) in [6.45, 7) is 1.89. The Morgan fingerprint density at radius 3 is 2.75 bits per heavy atom. The van der Waals surface area contributed by atoms with E-state index in [1.54, 1.807) is 36.4 Å². The maximum Gasteiger partial charge on any atom is 0.248 e. The molecular weight excluding hydrogens is 272 g/mol. The lowest BCUT2D eigenvalue weighted by molar-refractivity contribution is -0.111. The number of hydrogen-bond acceptors (Lipinski definition) is 2. The van der Waals surface area contributed by atoms with Crippen LogP contribution in [0.2, 0.25) is 5.02 Å². The van der Waals surface area contributed by atoms with Crippen molar-refractivity contribution in [1.29, 1.82) is 0 Å². The number of halogens is 1. The monoisotopic (exact) mass is 286 g/mol. The van der Waals surface area contributed by atoms with Crippen molar-refractivity contribution in [3.05, 3.63) is 64.7 Å². The van der Waals surface area contributed by atoms with Crippen LogP contribution in [-0.4, -0.2) is 5.91 Å². The van der Waals surface area contributed by atoms with Gasteiger partial charge in [-0.3, -0.25) is 4.79 Å². The minimum Gasteiger partial charge on any atom is -0.399 e. The van der Waals surface area contributed by atoms with Crippen molar-refractivity contribution in [3.8, 4) is 0 Å². The second-order valence-electron chi connectivity index (χ2n) is 4.45. The van der Waals surface area contributed by atoms with E-state index in [1.165, 1.54) is 6.08 Å². The van der Waals surface area contributed by atoms with Gasteiger partial charge in [0.2, 0.25) is 5.91 Å². The number of hydrogen-bond donors (Lipinski definition) is 2. The number of amides is 1. The zero-order valence-corrected chi connectivity index (χ0v) is 11.8. The molecular formula is C16H15ClN2O. The van der Waals surface area contributed by atoms with Crippen LogP contribution in [-0.2, 0) is 4.79 Å². The van der Waals surface area contributed by atoms with Crippen molar-refractivity contribution < 1.29 is 4.79 Å². The van der Waals surface area contributed by atoms with Crippen LogP contribution in [0.15, 0.2) is 48.5 Å². The second-order valence-corrected chi connectivity index (χ2v) is 4.89. The number of carbonyl (C=O) groups excluding carboxylic acids is 1. The largest absolute Gasteiger partial charge is 0.399 e. The topological polar surface area (TPSA) is 55.1 Å². The molecule has 1 amide bonds. The van der Waals surface area contributed by atoms with Gasteiger partial charge in [-0.05, 0) is 54.5 Å². The van der Waals surface area contributed by atoms with Crippen molar-refractivity contribution in [2.24, 2.45) is 0 Å². The molecule has 0 saturated carbocycles. The summed E-state index contributed by atoms with van der Waals surface area (Å²) >= 11 is 5.87. The molecule has 0 aliphatic carbocycles. The fraction of sp³-hybridized carbons (Fsp3) is 0.0625. The molecule has 0 aliphatic heterocycles. The number of nitrogens with one attached hydrogen (secondary N) is 1. The van der Waals surface area contributed by atoms with Crippen molar-refractivity contribution in [2.75, 3.05) is 11.1 Å². The van der Waals surface area contributed by atoms with E-state index >= 15 is 0 Å². The molecule has 2 aromatic carbocycles. The molecule has 0 bridgehead atoms. The Morgan fingerprint density at radius 1 is 1.25 bits per heavy atom. The SMILES string of the molecule is Cc1cc(Cl)ccc1NC(=O)/C=C/c1cccc(N)c1. The quantitative estimate of drug-likeness (QED) is 0.664. The standard InChI is InChI=1S/C16H15ClN2O/c1-11-9-13(17)6-7-15(11)19-16(20)8-5-12-3-2-4-14(18)10-12/h2-10H,18H2,1H3,(H,19,20)/b8-5+. The Labute approximate surface area is 123 Å². The summed E-state index contributed by atoms with van der Waals surface area (Å²) in [6, 6.07) is 12.7. The van der Waals surface area contributed by atoms with Gasteiger partial charge in [-0.1, -0.05) is 23.7 Å². The zero-order chi connectivity index (χ0) is 14.5. The highest BCUT2D eigenvalue weighted by molar-refractivity contribution is 6.30. The van der Waals surface area contributed by atoms with Gasteiger partial charge >= 0.3 is 0 Å². The van der Waals surface area contributed by atoms with E-state index < -0.39 is 0 Å². The average molecular weight is 287 g/mol.